The van der Waals surface area contributed by atoms with Gasteiger partial charge in [-0.05, 0) is 73.8 Å². The molecular formula is C58H51N3Si2. The molecule has 9 aromatic rings. The van der Waals surface area contributed by atoms with E-state index in [1.807, 2.05) is 60.7 Å². The summed E-state index contributed by atoms with van der Waals surface area (Å²) in [6.07, 6.45) is 0. The molecule has 0 unspecified atom stereocenters. The lowest BCUT2D eigenvalue weighted by atomic mass is 9.67. The van der Waals surface area contributed by atoms with E-state index in [1.165, 1.54) is 54.9 Å². The van der Waals surface area contributed by atoms with Crippen LogP contribution in [-0.4, -0.2) is 31.1 Å². The summed E-state index contributed by atoms with van der Waals surface area (Å²) < 4.78 is 0. The highest BCUT2D eigenvalue weighted by atomic mass is 28.3. The van der Waals surface area contributed by atoms with E-state index in [-0.39, 0.29) is 0 Å². The van der Waals surface area contributed by atoms with Gasteiger partial charge >= 0.3 is 0 Å². The van der Waals surface area contributed by atoms with Crippen LogP contribution >= 0.6 is 0 Å². The van der Waals surface area contributed by atoms with Gasteiger partial charge in [0.05, 0.1) is 21.6 Å². The number of fused-ring (bicyclic) bond motifs is 3. The Morgan fingerprint density at radius 1 is 0.302 bits per heavy atom. The molecule has 1 heterocycles. The molecular weight excluding hydrogens is 795 g/mol. The molecule has 0 N–H and O–H groups in total. The molecule has 0 radical (unpaired) electrons. The van der Waals surface area contributed by atoms with Crippen LogP contribution in [0.5, 0.6) is 0 Å². The molecule has 1 aromatic heterocycles. The highest BCUT2D eigenvalue weighted by molar-refractivity contribution is 6.89. The normalized spacial score (nSPS) is 13.0. The van der Waals surface area contributed by atoms with Crippen molar-refractivity contribution in [2.24, 2.45) is 0 Å². The summed E-state index contributed by atoms with van der Waals surface area (Å²) in [6.45, 7) is 14.6. The quantitative estimate of drug-likeness (QED) is 0.136. The second-order valence-electron chi connectivity index (χ2n) is 18.9. The highest BCUT2D eigenvalue weighted by Gasteiger charge is 2.46. The van der Waals surface area contributed by atoms with Crippen molar-refractivity contribution in [3.8, 4) is 67.5 Å². The van der Waals surface area contributed by atoms with Crippen LogP contribution in [-0.2, 0) is 5.41 Å². The van der Waals surface area contributed by atoms with E-state index in [9.17, 15) is 0 Å². The van der Waals surface area contributed by atoms with Gasteiger partial charge in [-0.15, -0.1) is 0 Å². The summed E-state index contributed by atoms with van der Waals surface area (Å²) in [4.78, 5) is 15.0. The predicted octanol–water partition coefficient (Wildman–Crippen LogP) is 13.7. The van der Waals surface area contributed by atoms with Gasteiger partial charge in [0, 0.05) is 16.7 Å². The molecule has 0 bridgehead atoms. The number of hydrogen-bond donors (Lipinski definition) is 0. The van der Waals surface area contributed by atoms with Gasteiger partial charge in [0.25, 0.3) is 0 Å². The lowest BCUT2D eigenvalue weighted by molar-refractivity contribution is 0.769. The van der Waals surface area contributed by atoms with Gasteiger partial charge in [-0.25, -0.2) is 15.0 Å². The summed E-state index contributed by atoms with van der Waals surface area (Å²) in [5, 5.41) is 2.95. The van der Waals surface area contributed by atoms with Crippen LogP contribution in [0.4, 0.5) is 0 Å². The van der Waals surface area contributed by atoms with Crippen LogP contribution in [0.3, 0.4) is 0 Å². The van der Waals surface area contributed by atoms with Crippen molar-refractivity contribution in [3.05, 3.63) is 222 Å². The highest BCUT2D eigenvalue weighted by Crippen LogP contribution is 2.56. The third kappa shape index (κ3) is 7.41. The minimum absolute atomic E-state index is 0.481. The van der Waals surface area contributed by atoms with Gasteiger partial charge in [0.1, 0.15) is 0 Å². The Kier molecular flexibility index (Phi) is 10.1. The van der Waals surface area contributed by atoms with Crippen molar-refractivity contribution >= 4 is 26.5 Å². The van der Waals surface area contributed by atoms with Crippen LogP contribution < -0.4 is 10.4 Å². The van der Waals surface area contributed by atoms with Crippen molar-refractivity contribution < 1.29 is 0 Å². The van der Waals surface area contributed by atoms with Crippen molar-refractivity contribution in [3.63, 3.8) is 0 Å². The van der Waals surface area contributed by atoms with Gasteiger partial charge in [-0.3, -0.25) is 0 Å². The molecule has 0 aliphatic heterocycles. The minimum Gasteiger partial charge on any atom is -0.208 e. The van der Waals surface area contributed by atoms with E-state index in [2.05, 4.69) is 179 Å². The Morgan fingerprint density at radius 3 is 1.17 bits per heavy atom. The number of nitrogens with zero attached hydrogens (tertiary/aromatic N) is 3. The second kappa shape index (κ2) is 15.8. The number of rotatable bonds is 9. The second-order valence-corrected chi connectivity index (χ2v) is 29.1. The maximum absolute atomic E-state index is 5.03. The van der Waals surface area contributed by atoms with Crippen molar-refractivity contribution in [1.29, 1.82) is 0 Å². The molecule has 63 heavy (non-hydrogen) atoms. The Bertz CT molecular complexity index is 2990. The molecule has 10 rings (SSSR count). The van der Waals surface area contributed by atoms with Crippen LogP contribution in [0.2, 0.25) is 39.3 Å². The fourth-order valence-corrected chi connectivity index (χ4v) is 11.7. The number of hydrogen-bond acceptors (Lipinski definition) is 3. The molecule has 0 spiro atoms. The first-order valence-electron chi connectivity index (χ1n) is 22.0. The van der Waals surface area contributed by atoms with Gasteiger partial charge in [0.2, 0.25) is 0 Å². The zero-order chi connectivity index (χ0) is 43.3. The first-order chi connectivity index (χ1) is 30.5. The maximum atomic E-state index is 5.03. The molecule has 0 saturated heterocycles. The lowest BCUT2D eigenvalue weighted by Crippen LogP contribution is -2.39. The summed E-state index contributed by atoms with van der Waals surface area (Å²) in [5.41, 5.74) is 14.9. The Hall–Kier alpha value is -6.80. The molecule has 0 amide bonds. The summed E-state index contributed by atoms with van der Waals surface area (Å²) in [5.74, 6) is 1.95. The van der Waals surface area contributed by atoms with E-state index in [1.54, 1.807) is 0 Å². The van der Waals surface area contributed by atoms with Gasteiger partial charge in [-0.1, -0.05) is 232 Å². The van der Waals surface area contributed by atoms with E-state index >= 15 is 0 Å². The maximum Gasteiger partial charge on any atom is 0.164 e. The van der Waals surface area contributed by atoms with E-state index in [4.69, 9.17) is 15.0 Å². The third-order valence-corrected chi connectivity index (χ3v) is 16.9. The third-order valence-electron chi connectivity index (χ3n) is 12.8. The molecule has 306 valence electrons. The molecule has 8 aromatic carbocycles. The fraction of sp³-hybridized carbons (Fsp3) is 0.121. The minimum atomic E-state index is -1.52. The van der Waals surface area contributed by atoms with E-state index < -0.39 is 21.6 Å². The van der Waals surface area contributed by atoms with Gasteiger partial charge in [0.15, 0.2) is 17.5 Å². The van der Waals surface area contributed by atoms with Gasteiger partial charge in [-0.2, -0.15) is 0 Å². The van der Waals surface area contributed by atoms with Crippen LogP contribution in [0, 0.1) is 0 Å². The smallest absolute Gasteiger partial charge is 0.164 e. The number of aromatic nitrogens is 3. The zero-order valence-corrected chi connectivity index (χ0v) is 38.9. The Morgan fingerprint density at radius 2 is 0.683 bits per heavy atom. The first kappa shape index (κ1) is 40.3. The fourth-order valence-electron chi connectivity index (χ4n) is 9.34. The average molecular weight is 846 g/mol. The first-order valence-corrected chi connectivity index (χ1v) is 29.0. The van der Waals surface area contributed by atoms with E-state index in [0.29, 0.717) is 17.5 Å². The lowest BCUT2D eigenvalue weighted by Gasteiger charge is -2.35. The summed E-state index contributed by atoms with van der Waals surface area (Å²) in [7, 11) is -3.04. The topological polar surface area (TPSA) is 38.7 Å². The average Bonchev–Trinajstić information content (AvgIpc) is 3.62. The molecule has 0 fully saturated rings. The predicted molar refractivity (Wildman–Crippen MR) is 270 cm³/mol. The van der Waals surface area contributed by atoms with Gasteiger partial charge < -0.3 is 0 Å². The standard InChI is InChI=1S/C58H51N3Si2/c1-62(2,3)49-32-28-47(29-33-49)58(48-30-34-50(35-31-48)63(4,5)6)53-26-14-13-25-51(53)52-36-27-45(39-54(52)58)43-22-15-21-42(37-43)44-23-16-24-46(38-44)57-60-55(40-17-9-7-10-18-40)59-56(61-57)41-19-11-8-12-20-41/h7-39H,1-6H3. The van der Waals surface area contributed by atoms with E-state index in [0.717, 1.165) is 27.8 Å². The largest absolute Gasteiger partial charge is 0.208 e. The van der Waals surface area contributed by atoms with Crippen molar-refractivity contribution in [1.82, 2.24) is 15.0 Å². The molecule has 0 atom stereocenters. The molecule has 1 aliphatic carbocycles. The Balaban J connectivity index is 1.09. The number of benzene rings is 8. The summed E-state index contributed by atoms with van der Waals surface area (Å²) in [6, 6.07) is 73.4. The van der Waals surface area contributed by atoms with Crippen LogP contribution in [0.15, 0.2) is 200 Å². The van der Waals surface area contributed by atoms with Crippen molar-refractivity contribution in [2.45, 2.75) is 44.7 Å². The SMILES string of the molecule is C[Si](C)(C)c1ccc(C2(c3ccc([Si](C)(C)C)cc3)c3ccccc3-c3ccc(-c4cccc(-c5cccc(-c6nc(-c7ccccc7)nc(-c7ccccc7)n6)c5)c4)cc32)cc1. The molecule has 0 saturated carbocycles. The van der Waals surface area contributed by atoms with Crippen molar-refractivity contribution in [2.75, 3.05) is 0 Å². The van der Waals surface area contributed by atoms with Crippen LogP contribution in [0.1, 0.15) is 22.3 Å². The molecule has 1 aliphatic rings. The van der Waals surface area contributed by atoms with Crippen LogP contribution in [0.25, 0.3) is 67.5 Å². The molecule has 5 heteroatoms. The molecule has 3 nitrogen and oxygen atoms in total. The monoisotopic (exact) mass is 845 g/mol. The zero-order valence-electron chi connectivity index (χ0n) is 36.9. The summed E-state index contributed by atoms with van der Waals surface area (Å²) >= 11 is 0. The Labute approximate surface area is 374 Å².